The standard InChI is InChI=1S/C12H14BrNO5/c13-8-1-3-9(4-2-8)19-6-5-11(16)14-7-10(15)12(17)18/h1-4,10,15H,5-7H2,(H,14,16)(H,17,18)/t10-/m0/s1. The fraction of sp³-hybridized carbons (Fsp3) is 0.333. The van der Waals surface area contributed by atoms with Gasteiger partial charge in [-0.25, -0.2) is 4.79 Å². The Morgan fingerprint density at radius 3 is 2.53 bits per heavy atom. The summed E-state index contributed by atoms with van der Waals surface area (Å²) in [5, 5.41) is 19.7. The Kier molecular flexibility index (Phi) is 6.31. The Labute approximate surface area is 118 Å². The van der Waals surface area contributed by atoms with Crippen molar-refractivity contribution in [3.63, 3.8) is 0 Å². The average molecular weight is 332 g/mol. The van der Waals surface area contributed by atoms with Crippen molar-refractivity contribution < 1.29 is 24.5 Å². The molecule has 19 heavy (non-hydrogen) atoms. The molecule has 0 spiro atoms. The SMILES string of the molecule is O=C(CCOc1ccc(Br)cc1)NC[C@H](O)C(=O)O. The van der Waals surface area contributed by atoms with Crippen molar-refractivity contribution in [2.75, 3.05) is 13.2 Å². The third kappa shape index (κ3) is 6.21. The van der Waals surface area contributed by atoms with Crippen LogP contribution in [0.3, 0.4) is 0 Å². The highest BCUT2D eigenvalue weighted by molar-refractivity contribution is 9.10. The van der Waals surface area contributed by atoms with Crippen LogP contribution < -0.4 is 10.1 Å². The number of hydrogen-bond acceptors (Lipinski definition) is 4. The van der Waals surface area contributed by atoms with E-state index in [9.17, 15) is 9.59 Å². The maximum Gasteiger partial charge on any atom is 0.334 e. The molecule has 6 nitrogen and oxygen atoms in total. The van der Waals surface area contributed by atoms with Crippen LogP contribution in [0.5, 0.6) is 5.75 Å². The van der Waals surface area contributed by atoms with Gasteiger partial charge in [-0.2, -0.15) is 0 Å². The number of hydrogen-bond donors (Lipinski definition) is 3. The molecule has 0 unspecified atom stereocenters. The van der Waals surface area contributed by atoms with Crippen LogP contribution in [0.1, 0.15) is 6.42 Å². The van der Waals surface area contributed by atoms with E-state index in [-0.39, 0.29) is 25.5 Å². The summed E-state index contributed by atoms with van der Waals surface area (Å²) in [5.74, 6) is -1.11. The summed E-state index contributed by atoms with van der Waals surface area (Å²) < 4.78 is 6.26. The molecule has 1 aromatic carbocycles. The zero-order chi connectivity index (χ0) is 14.3. The van der Waals surface area contributed by atoms with Gasteiger partial charge in [-0.05, 0) is 24.3 Å². The van der Waals surface area contributed by atoms with Crippen LogP contribution in [0.4, 0.5) is 0 Å². The van der Waals surface area contributed by atoms with Crippen molar-refractivity contribution >= 4 is 27.8 Å². The minimum absolute atomic E-state index is 0.0857. The molecule has 0 radical (unpaired) electrons. The molecule has 0 aliphatic rings. The minimum atomic E-state index is -1.59. The Balaban J connectivity index is 2.20. The maximum absolute atomic E-state index is 11.3. The van der Waals surface area contributed by atoms with E-state index in [4.69, 9.17) is 14.9 Å². The number of benzene rings is 1. The lowest BCUT2D eigenvalue weighted by atomic mass is 10.3. The Morgan fingerprint density at radius 2 is 1.95 bits per heavy atom. The summed E-state index contributed by atoms with van der Waals surface area (Å²) in [6, 6.07) is 7.16. The summed E-state index contributed by atoms with van der Waals surface area (Å²) in [7, 11) is 0. The predicted molar refractivity (Wildman–Crippen MR) is 70.9 cm³/mol. The number of aliphatic hydroxyl groups is 1. The second-order valence-electron chi connectivity index (χ2n) is 3.71. The molecule has 0 saturated carbocycles. The van der Waals surface area contributed by atoms with Gasteiger partial charge < -0.3 is 20.3 Å². The first kappa shape index (κ1) is 15.5. The van der Waals surface area contributed by atoms with Crippen LogP contribution in [0.2, 0.25) is 0 Å². The van der Waals surface area contributed by atoms with E-state index in [0.717, 1.165) is 4.47 Å². The largest absolute Gasteiger partial charge is 0.493 e. The van der Waals surface area contributed by atoms with Crippen molar-refractivity contribution in [2.24, 2.45) is 0 Å². The first-order valence-corrected chi connectivity index (χ1v) is 6.34. The van der Waals surface area contributed by atoms with Gasteiger partial charge in [0.2, 0.25) is 5.91 Å². The third-order valence-electron chi connectivity index (χ3n) is 2.19. The van der Waals surface area contributed by atoms with Gasteiger partial charge >= 0.3 is 5.97 Å². The Hall–Kier alpha value is -1.60. The summed E-state index contributed by atoms with van der Waals surface area (Å²) in [6.45, 7) is -0.136. The van der Waals surface area contributed by atoms with Crippen molar-refractivity contribution in [1.29, 1.82) is 0 Å². The van der Waals surface area contributed by atoms with Crippen LogP contribution in [-0.4, -0.2) is 41.3 Å². The first-order chi connectivity index (χ1) is 8.99. The monoisotopic (exact) mass is 331 g/mol. The maximum atomic E-state index is 11.3. The van der Waals surface area contributed by atoms with Gasteiger partial charge in [-0.1, -0.05) is 15.9 Å². The fourth-order valence-electron chi connectivity index (χ4n) is 1.18. The number of carboxylic acids is 1. The topological polar surface area (TPSA) is 95.9 Å². The number of carbonyl (C=O) groups is 2. The highest BCUT2D eigenvalue weighted by Crippen LogP contribution is 2.16. The number of carboxylic acid groups (broad SMARTS) is 1. The molecular formula is C12H14BrNO5. The summed E-state index contributed by atoms with van der Waals surface area (Å²) in [6.07, 6.45) is -1.50. The number of halogens is 1. The van der Waals surface area contributed by atoms with Crippen molar-refractivity contribution in [3.8, 4) is 5.75 Å². The lowest BCUT2D eigenvalue weighted by Gasteiger charge is -2.08. The van der Waals surface area contributed by atoms with Gasteiger partial charge in [0.15, 0.2) is 6.10 Å². The second-order valence-corrected chi connectivity index (χ2v) is 4.63. The van der Waals surface area contributed by atoms with E-state index in [1.807, 2.05) is 12.1 Å². The molecule has 0 aliphatic carbocycles. The summed E-state index contributed by atoms with van der Waals surface area (Å²) in [5.41, 5.74) is 0. The zero-order valence-corrected chi connectivity index (χ0v) is 11.6. The quantitative estimate of drug-likeness (QED) is 0.686. The summed E-state index contributed by atoms with van der Waals surface area (Å²) >= 11 is 3.29. The van der Waals surface area contributed by atoms with E-state index in [0.29, 0.717) is 5.75 Å². The molecule has 0 saturated heterocycles. The molecule has 1 aromatic rings. The molecule has 7 heteroatoms. The molecule has 0 bridgehead atoms. The molecule has 0 fully saturated rings. The summed E-state index contributed by atoms with van der Waals surface area (Å²) in [4.78, 5) is 21.6. The lowest BCUT2D eigenvalue weighted by Crippen LogP contribution is -2.36. The van der Waals surface area contributed by atoms with Crippen molar-refractivity contribution in [2.45, 2.75) is 12.5 Å². The average Bonchev–Trinajstić information content (AvgIpc) is 2.38. The zero-order valence-electron chi connectivity index (χ0n) is 10.0. The molecule has 0 aromatic heterocycles. The lowest BCUT2D eigenvalue weighted by molar-refractivity contribution is -0.146. The number of aliphatic carboxylic acids is 1. The molecule has 1 atom stereocenters. The van der Waals surface area contributed by atoms with E-state index in [1.54, 1.807) is 12.1 Å². The third-order valence-corrected chi connectivity index (χ3v) is 2.72. The highest BCUT2D eigenvalue weighted by atomic mass is 79.9. The Bertz CT molecular complexity index is 434. The van der Waals surface area contributed by atoms with Crippen LogP contribution in [0.25, 0.3) is 0 Å². The van der Waals surface area contributed by atoms with Crippen molar-refractivity contribution in [3.05, 3.63) is 28.7 Å². The van der Waals surface area contributed by atoms with Crippen LogP contribution in [0.15, 0.2) is 28.7 Å². The number of amides is 1. The normalized spacial score (nSPS) is 11.7. The first-order valence-electron chi connectivity index (χ1n) is 5.55. The van der Waals surface area contributed by atoms with Crippen LogP contribution >= 0.6 is 15.9 Å². The van der Waals surface area contributed by atoms with Gasteiger partial charge in [0.05, 0.1) is 19.6 Å². The molecule has 0 aliphatic heterocycles. The van der Waals surface area contributed by atoms with Gasteiger partial charge in [-0.3, -0.25) is 4.79 Å². The molecule has 1 rings (SSSR count). The molecule has 1 amide bonds. The number of ether oxygens (including phenoxy) is 1. The minimum Gasteiger partial charge on any atom is -0.493 e. The number of aliphatic hydroxyl groups excluding tert-OH is 1. The van der Waals surface area contributed by atoms with Crippen LogP contribution in [0, 0.1) is 0 Å². The molecule has 3 N–H and O–H groups in total. The van der Waals surface area contributed by atoms with Gasteiger partial charge in [0.1, 0.15) is 5.75 Å². The number of nitrogens with one attached hydrogen (secondary N) is 1. The smallest absolute Gasteiger partial charge is 0.334 e. The number of rotatable bonds is 7. The Morgan fingerprint density at radius 1 is 1.32 bits per heavy atom. The van der Waals surface area contributed by atoms with E-state index >= 15 is 0 Å². The van der Waals surface area contributed by atoms with Gasteiger partial charge in [0, 0.05) is 4.47 Å². The fourth-order valence-corrected chi connectivity index (χ4v) is 1.44. The number of carbonyl (C=O) groups excluding carboxylic acids is 1. The van der Waals surface area contributed by atoms with Gasteiger partial charge in [-0.15, -0.1) is 0 Å². The predicted octanol–water partition coefficient (Wildman–Crippen LogP) is 0.780. The molecule has 104 valence electrons. The second kappa shape index (κ2) is 7.75. The molecule has 0 heterocycles. The van der Waals surface area contributed by atoms with Crippen LogP contribution in [-0.2, 0) is 9.59 Å². The highest BCUT2D eigenvalue weighted by Gasteiger charge is 2.13. The van der Waals surface area contributed by atoms with E-state index in [1.165, 1.54) is 0 Å². The van der Waals surface area contributed by atoms with E-state index < -0.39 is 12.1 Å². The van der Waals surface area contributed by atoms with Gasteiger partial charge in [0.25, 0.3) is 0 Å². The van der Waals surface area contributed by atoms with E-state index in [2.05, 4.69) is 21.2 Å². The van der Waals surface area contributed by atoms with Crippen molar-refractivity contribution in [1.82, 2.24) is 5.32 Å². The molecular weight excluding hydrogens is 318 g/mol.